The lowest BCUT2D eigenvalue weighted by atomic mass is 9.88. The molecule has 8 rings (SSSR count). The first-order valence-corrected chi connectivity index (χ1v) is 19.4. The molecule has 4 aliphatic carbocycles. The molecule has 4 aromatic heterocycles. The molecule has 2 atom stereocenters. The SMILES string of the molecule is C[C@@H]1CCc2sc3ncnc(NC4CCC(N(C)C)CC4)c3c2C1.C[C@@H]1CCc2sc3ncnc(NC4CCC(N)CC4)c3c2C1. The van der Waals surface area contributed by atoms with Gasteiger partial charge in [0.1, 0.15) is 34.0 Å². The van der Waals surface area contributed by atoms with Crippen LogP contribution in [0.3, 0.4) is 0 Å². The minimum atomic E-state index is 0.387. The second-order valence-electron chi connectivity index (χ2n) is 14.9. The summed E-state index contributed by atoms with van der Waals surface area (Å²) < 4.78 is 0. The van der Waals surface area contributed by atoms with Crippen molar-refractivity contribution in [3.8, 4) is 0 Å². The molecule has 248 valence electrons. The maximum absolute atomic E-state index is 6.02. The summed E-state index contributed by atoms with van der Waals surface area (Å²) in [5.74, 6) is 3.68. The minimum absolute atomic E-state index is 0.387. The van der Waals surface area contributed by atoms with Gasteiger partial charge in [-0.05, 0) is 127 Å². The fourth-order valence-electron chi connectivity index (χ4n) is 8.17. The first-order chi connectivity index (χ1) is 22.3. The number of nitrogens with zero attached hydrogens (tertiary/aromatic N) is 5. The van der Waals surface area contributed by atoms with Gasteiger partial charge < -0.3 is 21.3 Å². The molecule has 0 aliphatic heterocycles. The van der Waals surface area contributed by atoms with Crippen LogP contribution in [0.1, 0.15) is 98.9 Å². The predicted molar refractivity (Wildman–Crippen MR) is 194 cm³/mol. The molecule has 8 nitrogen and oxygen atoms in total. The van der Waals surface area contributed by atoms with Gasteiger partial charge in [-0.3, -0.25) is 0 Å². The van der Waals surface area contributed by atoms with Crippen molar-refractivity contribution in [2.24, 2.45) is 17.6 Å². The van der Waals surface area contributed by atoms with Gasteiger partial charge in [0.2, 0.25) is 0 Å². The normalized spacial score (nSPS) is 28.0. The van der Waals surface area contributed by atoms with E-state index in [9.17, 15) is 0 Å². The molecule has 2 fully saturated rings. The summed E-state index contributed by atoms with van der Waals surface area (Å²) in [6, 6.07) is 2.19. The lowest BCUT2D eigenvalue weighted by molar-refractivity contribution is 0.221. The van der Waals surface area contributed by atoms with Crippen LogP contribution in [-0.2, 0) is 25.7 Å². The number of fused-ring (bicyclic) bond motifs is 6. The van der Waals surface area contributed by atoms with Crippen molar-refractivity contribution in [2.75, 3.05) is 24.7 Å². The lowest BCUT2D eigenvalue weighted by Crippen LogP contribution is -2.36. The van der Waals surface area contributed by atoms with Crippen LogP contribution < -0.4 is 16.4 Å². The van der Waals surface area contributed by atoms with Gasteiger partial charge in [0.05, 0.1) is 10.8 Å². The highest BCUT2D eigenvalue weighted by Crippen LogP contribution is 2.41. The summed E-state index contributed by atoms with van der Waals surface area (Å²) in [5.41, 5.74) is 9.05. The number of nitrogens with two attached hydrogens (primary N) is 1. The fourth-order valence-corrected chi connectivity index (χ4v) is 10.5. The van der Waals surface area contributed by atoms with Crippen LogP contribution in [0.4, 0.5) is 11.6 Å². The second-order valence-corrected chi connectivity index (χ2v) is 17.0. The van der Waals surface area contributed by atoms with Crippen molar-refractivity contribution in [3.63, 3.8) is 0 Å². The van der Waals surface area contributed by atoms with Crippen LogP contribution in [0.15, 0.2) is 12.7 Å². The summed E-state index contributed by atoms with van der Waals surface area (Å²) in [5, 5.41) is 10.1. The predicted octanol–water partition coefficient (Wildman–Crippen LogP) is 7.60. The molecule has 46 heavy (non-hydrogen) atoms. The molecule has 0 radical (unpaired) electrons. The number of hydrogen-bond donors (Lipinski definition) is 3. The van der Waals surface area contributed by atoms with E-state index in [4.69, 9.17) is 5.73 Å². The summed E-state index contributed by atoms with van der Waals surface area (Å²) in [6.45, 7) is 4.72. The van der Waals surface area contributed by atoms with Crippen LogP contribution >= 0.6 is 22.7 Å². The summed E-state index contributed by atoms with van der Waals surface area (Å²) in [7, 11) is 4.40. The standard InChI is InChI=1S/C19H28N4S.C17H24N4S/c1-12-4-9-16-15(10-12)17-18(20-11-21-19(17)24-16)22-13-5-7-14(8-6-13)23(2)3;1-10-2-7-14-13(8-10)15-16(19-9-20-17(15)22-14)21-12-5-3-11(18)4-6-12/h11-14H,4-10H2,1-3H3,(H,20,21,22);9-12H,2-8,18H2,1H3,(H,19,20,21)/t12-,13?,14?;10-,11?,12?/m11/s1. The average Bonchev–Trinajstić information content (AvgIpc) is 3.61. The van der Waals surface area contributed by atoms with E-state index >= 15 is 0 Å². The number of nitrogens with one attached hydrogen (secondary N) is 2. The zero-order chi connectivity index (χ0) is 31.8. The van der Waals surface area contributed by atoms with Gasteiger partial charge in [-0.2, -0.15) is 0 Å². The summed E-state index contributed by atoms with van der Waals surface area (Å²) >= 11 is 3.75. The molecular formula is C36H52N8S2. The van der Waals surface area contributed by atoms with Gasteiger partial charge in [0.15, 0.2) is 0 Å². The van der Waals surface area contributed by atoms with E-state index < -0.39 is 0 Å². The van der Waals surface area contributed by atoms with Gasteiger partial charge in [-0.1, -0.05) is 13.8 Å². The molecule has 0 bridgehead atoms. The zero-order valence-electron chi connectivity index (χ0n) is 28.1. The Morgan fingerprint density at radius 1 is 0.652 bits per heavy atom. The molecule has 10 heteroatoms. The molecule has 4 heterocycles. The van der Waals surface area contributed by atoms with E-state index in [0.717, 1.165) is 60.0 Å². The van der Waals surface area contributed by atoms with E-state index in [1.165, 1.54) is 95.8 Å². The summed E-state index contributed by atoms with van der Waals surface area (Å²) in [6.07, 6.45) is 20.4. The van der Waals surface area contributed by atoms with Crippen LogP contribution in [0.2, 0.25) is 0 Å². The Bertz CT molecular complexity index is 1630. The second kappa shape index (κ2) is 14.0. The molecule has 0 saturated heterocycles. The van der Waals surface area contributed by atoms with Crippen molar-refractivity contribution < 1.29 is 0 Å². The number of anilines is 2. The van der Waals surface area contributed by atoms with E-state index in [0.29, 0.717) is 18.1 Å². The number of hydrogen-bond acceptors (Lipinski definition) is 10. The molecule has 0 amide bonds. The van der Waals surface area contributed by atoms with Gasteiger partial charge in [-0.15, -0.1) is 22.7 Å². The maximum atomic E-state index is 6.02. The van der Waals surface area contributed by atoms with Crippen LogP contribution in [0.25, 0.3) is 20.4 Å². The lowest BCUT2D eigenvalue weighted by Gasteiger charge is -2.33. The largest absolute Gasteiger partial charge is 0.367 e. The first-order valence-electron chi connectivity index (χ1n) is 17.8. The Labute approximate surface area is 282 Å². The third kappa shape index (κ3) is 6.91. The van der Waals surface area contributed by atoms with Crippen LogP contribution in [0, 0.1) is 11.8 Å². The Morgan fingerprint density at radius 2 is 1.11 bits per heavy atom. The topological polar surface area (TPSA) is 105 Å². The molecule has 0 aromatic carbocycles. The quantitative estimate of drug-likeness (QED) is 0.201. The Kier molecular flexibility index (Phi) is 9.78. The highest BCUT2D eigenvalue weighted by Gasteiger charge is 2.27. The van der Waals surface area contributed by atoms with Gasteiger partial charge in [0.25, 0.3) is 0 Å². The third-order valence-electron chi connectivity index (χ3n) is 11.1. The number of aromatic nitrogens is 4. The molecular weight excluding hydrogens is 609 g/mol. The monoisotopic (exact) mass is 660 g/mol. The van der Waals surface area contributed by atoms with Crippen molar-refractivity contribution in [1.29, 1.82) is 0 Å². The minimum Gasteiger partial charge on any atom is -0.367 e. The molecule has 4 N–H and O–H groups in total. The van der Waals surface area contributed by atoms with Crippen molar-refractivity contribution in [1.82, 2.24) is 24.8 Å². The maximum Gasteiger partial charge on any atom is 0.138 e. The van der Waals surface area contributed by atoms with Gasteiger partial charge >= 0.3 is 0 Å². The van der Waals surface area contributed by atoms with Gasteiger partial charge in [-0.25, -0.2) is 19.9 Å². The summed E-state index contributed by atoms with van der Waals surface area (Å²) in [4.78, 5) is 26.1. The van der Waals surface area contributed by atoms with E-state index in [1.807, 2.05) is 22.7 Å². The fraction of sp³-hybridized carbons (Fsp3) is 0.667. The number of thiophene rings is 2. The van der Waals surface area contributed by atoms with E-state index in [2.05, 4.69) is 63.4 Å². The van der Waals surface area contributed by atoms with E-state index in [-0.39, 0.29) is 0 Å². The molecule has 0 unspecified atom stereocenters. The number of rotatable bonds is 5. The van der Waals surface area contributed by atoms with Gasteiger partial charge in [0, 0.05) is 33.9 Å². The molecule has 4 aromatic rings. The van der Waals surface area contributed by atoms with E-state index in [1.54, 1.807) is 17.5 Å². The van der Waals surface area contributed by atoms with Crippen molar-refractivity contribution in [2.45, 2.75) is 128 Å². The third-order valence-corrected chi connectivity index (χ3v) is 13.5. The van der Waals surface area contributed by atoms with Crippen molar-refractivity contribution >= 4 is 54.7 Å². The smallest absolute Gasteiger partial charge is 0.138 e. The van der Waals surface area contributed by atoms with Crippen LogP contribution in [0.5, 0.6) is 0 Å². The zero-order valence-corrected chi connectivity index (χ0v) is 29.8. The Hall–Kier alpha value is -2.40. The Morgan fingerprint density at radius 3 is 1.57 bits per heavy atom. The average molecular weight is 661 g/mol. The van der Waals surface area contributed by atoms with Crippen molar-refractivity contribution in [3.05, 3.63) is 33.5 Å². The molecule has 4 aliphatic rings. The molecule has 0 spiro atoms. The number of aryl methyl sites for hydroxylation is 2. The van der Waals surface area contributed by atoms with Crippen LogP contribution in [-0.4, -0.2) is 63.1 Å². The molecule has 2 saturated carbocycles. The Balaban J connectivity index is 0.000000147. The first kappa shape index (κ1) is 32.2. The highest BCUT2D eigenvalue weighted by atomic mass is 32.1. The highest BCUT2D eigenvalue weighted by molar-refractivity contribution is 7.19.